The number of benzene rings is 1. The molecule has 2 heteroatoms. The summed E-state index contributed by atoms with van der Waals surface area (Å²) >= 11 is 0. The van der Waals surface area contributed by atoms with Crippen LogP contribution in [0.5, 0.6) is 0 Å². The van der Waals surface area contributed by atoms with Crippen LogP contribution in [0.25, 0.3) is 0 Å². The van der Waals surface area contributed by atoms with Crippen LogP contribution in [0.4, 0.5) is 0 Å². The number of nitrogens with zero attached hydrogens (tertiary/aromatic N) is 1. The van der Waals surface area contributed by atoms with E-state index in [0.29, 0.717) is 0 Å². The molecule has 1 heterocycles. The van der Waals surface area contributed by atoms with Crippen molar-refractivity contribution in [1.29, 1.82) is 0 Å². The molecule has 1 aliphatic rings. The number of hydrazone groups is 1. The summed E-state index contributed by atoms with van der Waals surface area (Å²) in [6.45, 7) is 6.98. The Morgan fingerprint density at radius 1 is 1.21 bits per heavy atom. The van der Waals surface area contributed by atoms with Crippen LogP contribution in [-0.2, 0) is 6.42 Å². The van der Waals surface area contributed by atoms with Gasteiger partial charge in [-0.15, -0.1) is 0 Å². The molecule has 0 atom stereocenters. The van der Waals surface area contributed by atoms with E-state index in [-0.39, 0.29) is 0 Å². The van der Waals surface area contributed by atoms with Gasteiger partial charge in [0, 0.05) is 12.1 Å². The molecule has 0 saturated heterocycles. The van der Waals surface area contributed by atoms with Crippen molar-refractivity contribution >= 4 is 5.71 Å². The van der Waals surface area contributed by atoms with Gasteiger partial charge in [-0.3, -0.25) is 0 Å². The zero-order chi connectivity index (χ0) is 10.4. The minimum absolute atomic E-state index is 0.939. The lowest BCUT2D eigenvalue weighted by Gasteiger charge is -2.02. The van der Waals surface area contributed by atoms with E-state index in [0.717, 1.165) is 18.7 Å². The Morgan fingerprint density at radius 2 is 1.93 bits per heavy atom. The van der Waals surface area contributed by atoms with Gasteiger partial charge in [-0.05, 0) is 18.9 Å². The zero-order valence-electron chi connectivity index (χ0n) is 9.17. The summed E-state index contributed by atoms with van der Waals surface area (Å²) in [5.74, 6) is 0. The second kappa shape index (κ2) is 5.43. The Bertz CT molecular complexity index is 316. The molecular weight excluding hydrogens is 172 g/mol. The normalized spacial score (nSPS) is 13.8. The van der Waals surface area contributed by atoms with Gasteiger partial charge in [0.05, 0.1) is 5.71 Å². The first kappa shape index (κ1) is 10.8. The van der Waals surface area contributed by atoms with Crippen LogP contribution in [0.1, 0.15) is 31.9 Å². The summed E-state index contributed by atoms with van der Waals surface area (Å²) in [5.41, 5.74) is 6.79. The highest BCUT2D eigenvalue weighted by atomic mass is 15.3. The minimum atomic E-state index is 0.939. The summed E-state index contributed by atoms with van der Waals surface area (Å²) < 4.78 is 0. The lowest BCUT2D eigenvalue weighted by molar-refractivity contribution is 0.740. The molecule has 0 aromatic heterocycles. The third-order valence-electron chi connectivity index (χ3n) is 2.16. The average molecular weight is 190 g/mol. The molecule has 0 aliphatic carbocycles. The van der Waals surface area contributed by atoms with Crippen molar-refractivity contribution in [2.75, 3.05) is 6.54 Å². The lowest BCUT2D eigenvalue weighted by atomic mass is 10.0. The number of hydrogen-bond donors (Lipinski definition) is 1. The Hall–Kier alpha value is -1.31. The van der Waals surface area contributed by atoms with Crippen molar-refractivity contribution < 1.29 is 0 Å². The third-order valence-corrected chi connectivity index (χ3v) is 2.16. The predicted octanol–water partition coefficient (Wildman–Crippen LogP) is 2.58. The summed E-state index contributed by atoms with van der Waals surface area (Å²) in [6.07, 6.45) is 1.07. The molecule has 14 heavy (non-hydrogen) atoms. The van der Waals surface area contributed by atoms with Crippen LogP contribution in [0.2, 0.25) is 0 Å². The predicted molar refractivity (Wildman–Crippen MR) is 61.7 cm³/mol. The SMILES string of the molecule is CC.CC1=NNCCc2ccccc21. The molecule has 1 N–H and O–H groups in total. The largest absolute Gasteiger partial charge is 0.309 e. The van der Waals surface area contributed by atoms with Crippen LogP contribution in [0.3, 0.4) is 0 Å². The van der Waals surface area contributed by atoms with Gasteiger partial charge in [-0.25, -0.2) is 0 Å². The Morgan fingerprint density at radius 3 is 2.71 bits per heavy atom. The standard InChI is InChI=1S/C10H12N2.C2H6/c1-8-10-5-3-2-4-9(10)6-7-11-12-8;1-2/h2-5,11H,6-7H2,1H3;1-2H3. The van der Waals surface area contributed by atoms with Gasteiger partial charge in [-0.2, -0.15) is 5.10 Å². The molecular formula is C12H18N2. The third kappa shape index (κ3) is 2.34. The number of hydrogen-bond acceptors (Lipinski definition) is 2. The molecule has 1 aromatic carbocycles. The second-order valence-electron chi connectivity index (χ2n) is 3.01. The lowest BCUT2D eigenvalue weighted by Crippen LogP contribution is -2.07. The van der Waals surface area contributed by atoms with E-state index < -0.39 is 0 Å². The summed E-state index contributed by atoms with van der Waals surface area (Å²) in [4.78, 5) is 0. The smallest absolute Gasteiger partial charge is 0.0647 e. The molecule has 0 bridgehead atoms. The molecule has 2 nitrogen and oxygen atoms in total. The summed E-state index contributed by atoms with van der Waals surface area (Å²) in [6, 6.07) is 8.43. The van der Waals surface area contributed by atoms with Crippen molar-refractivity contribution in [2.45, 2.75) is 27.2 Å². The van der Waals surface area contributed by atoms with Crippen LogP contribution in [0.15, 0.2) is 29.4 Å². The first-order valence-corrected chi connectivity index (χ1v) is 5.23. The van der Waals surface area contributed by atoms with Gasteiger partial charge in [0.15, 0.2) is 0 Å². The molecule has 2 rings (SSSR count). The Kier molecular flexibility index (Phi) is 4.17. The van der Waals surface area contributed by atoms with Gasteiger partial charge < -0.3 is 5.43 Å². The van der Waals surface area contributed by atoms with Crippen LogP contribution < -0.4 is 5.43 Å². The molecule has 0 fully saturated rings. The highest BCUT2D eigenvalue weighted by molar-refractivity contribution is 6.00. The average Bonchev–Trinajstić information content (AvgIpc) is 2.45. The van der Waals surface area contributed by atoms with E-state index in [1.807, 2.05) is 20.8 Å². The second-order valence-corrected chi connectivity index (χ2v) is 3.01. The van der Waals surface area contributed by atoms with Gasteiger partial charge in [0.25, 0.3) is 0 Å². The molecule has 0 radical (unpaired) electrons. The molecule has 1 aromatic rings. The molecule has 0 unspecified atom stereocenters. The Balaban J connectivity index is 0.000000461. The zero-order valence-corrected chi connectivity index (χ0v) is 9.17. The van der Waals surface area contributed by atoms with Gasteiger partial charge >= 0.3 is 0 Å². The Labute approximate surface area is 86.0 Å². The summed E-state index contributed by atoms with van der Waals surface area (Å²) in [7, 11) is 0. The van der Waals surface area contributed by atoms with Gasteiger partial charge in [0.1, 0.15) is 0 Å². The van der Waals surface area contributed by atoms with Crippen LogP contribution in [-0.4, -0.2) is 12.3 Å². The minimum Gasteiger partial charge on any atom is -0.309 e. The molecule has 0 spiro atoms. The molecule has 0 amide bonds. The maximum atomic E-state index is 4.23. The van der Waals surface area contributed by atoms with E-state index in [9.17, 15) is 0 Å². The first-order valence-electron chi connectivity index (χ1n) is 5.23. The number of nitrogens with one attached hydrogen (secondary N) is 1. The van der Waals surface area contributed by atoms with E-state index in [1.165, 1.54) is 11.1 Å². The number of rotatable bonds is 0. The van der Waals surface area contributed by atoms with Crippen LogP contribution in [0, 0.1) is 0 Å². The van der Waals surface area contributed by atoms with E-state index in [4.69, 9.17) is 0 Å². The molecule has 1 aliphatic heterocycles. The van der Waals surface area contributed by atoms with Gasteiger partial charge in [0.2, 0.25) is 0 Å². The fourth-order valence-electron chi connectivity index (χ4n) is 1.52. The van der Waals surface area contributed by atoms with Crippen molar-refractivity contribution in [3.63, 3.8) is 0 Å². The monoisotopic (exact) mass is 190 g/mol. The topological polar surface area (TPSA) is 24.4 Å². The maximum Gasteiger partial charge on any atom is 0.0647 e. The molecule has 0 saturated carbocycles. The fourth-order valence-corrected chi connectivity index (χ4v) is 1.52. The summed E-state index contributed by atoms with van der Waals surface area (Å²) in [5, 5.41) is 4.23. The van der Waals surface area contributed by atoms with E-state index >= 15 is 0 Å². The maximum absolute atomic E-state index is 4.23. The quantitative estimate of drug-likeness (QED) is 0.668. The highest BCUT2D eigenvalue weighted by Gasteiger charge is 2.06. The first-order chi connectivity index (χ1) is 6.88. The van der Waals surface area contributed by atoms with Crippen molar-refractivity contribution in [3.05, 3.63) is 35.4 Å². The van der Waals surface area contributed by atoms with Crippen molar-refractivity contribution in [1.82, 2.24) is 5.43 Å². The number of fused-ring (bicyclic) bond motifs is 1. The molecule has 76 valence electrons. The highest BCUT2D eigenvalue weighted by Crippen LogP contribution is 2.12. The van der Waals surface area contributed by atoms with Crippen LogP contribution >= 0.6 is 0 Å². The van der Waals surface area contributed by atoms with Crippen molar-refractivity contribution in [2.24, 2.45) is 5.10 Å². The van der Waals surface area contributed by atoms with E-state index in [1.54, 1.807) is 0 Å². The van der Waals surface area contributed by atoms with Gasteiger partial charge in [-0.1, -0.05) is 38.1 Å². The van der Waals surface area contributed by atoms with E-state index in [2.05, 4.69) is 34.8 Å². The van der Waals surface area contributed by atoms with Crippen molar-refractivity contribution in [3.8, 4) is 0 Å². The fraction of sp³-hybridized carbons (Fsp3) is 0.417.